The maximum atomic E-state index is 11.8. The highest BCUT2D eigenvalue weighted by atomic mass is 32.2. The fraction of sp³-hybridized carbons (Fsp3) is 0.321. The Balaban J connectivity index is 1.10. The monoisotopic (exact) mass is 529 g/mol. The molecule has 0 spiro atoms. The van der Waals surface area contributed by atoms with Crippen LogP contribution in [0.3, 0.4) is 0 Å². The number of thioether (sulfide) groups is 1. The average Bonchev–Trinajstić information content (AvgIpc) is 3.25. The van der Waals surface area contributed by atoms with Crippen molar-refractivity contribution in [3.05, 3.63) is 71.0 Å². The minimum absolute atomic E-state index is 0.355. The van der Waals surface area contributed by atoms with E-state index in [9.17, 15) is 9.59 Å². The predicted molar refractivity (Wildman–Crippen MR) is 152 cm³/mol. The van der Waals surface area contributed by atoms with E-state index in [2.05, 4.69) is 60.8 Å². The predicted octanol–water partition coefficient (Wildman–Crippen LogP) is 3.93. The molecule has 0 saturated carbocycles. The Morgan fingerprint density at radius 1 is 1.11 bits per heavy atom. The lowest BCUT2D eigenvalue weighted by Crippen LogP contribution is -2.38. The summed E-state index contributed by atoms with van der Waals surface area (Å²) in [7, 11) is 3.98. The SMILES string of the molecule is CN(C)c1ccc(-c2cccc(CNCC3CCN(c4nccc(C=C5SC(=O)NC5=O)n4)CC3)c2)cn1. The lowest BCUT2D eigenvalue weighted by Gasteiger charge is -2.32. The van der Waals surface area contributed by atoms with Gasteiger partial charge in [0.05, 0.1) is 10.6 Å². The van der Waals surface area contributed by atoms with Crippen LogP contribution in [0.4, 0.5) is 16.6 Å². The van der Waals surface area contributed by atoms with Gasteiger partial charge in [0, 0.05) is 51.7 Å². The van der Waals surface area contributed by atoms with Gasteiger partial charge in [0.15, 0.2) is 0 Å². The van der Waals surface area contributed by atoms with Gasteiger partial charge >= 0.3 is 0 Å². The van der Waals surface area contributed by atoms with Crippen LogP contribution in [-0.2, 0) is 11.3 Å². The number of hydrogen-bond donors (Lipinski definition) is 2. The van der Waals surface area contributed by atoms with E-state index < -0.39 is 0 Å². The van der Waals surface area contributed by atoms with E-state index in [1.807, 2.05) is 31.3 Å². The van der Waals surface area contributed by atoms with Crippen molar-refractivity contribution in [3.63, 3.8) is 0 Å². The van der Waals surface area contributed by atoms with E-state index in [0.717, 1.165) is 62.2 Å². The standard InChI is InChI=1S/C28H31N7O2S/c1-34(2)25-7-6-22(18-31-25)21-5-3-4-20(14-21)17-29-16-19-9-12-35(13-10-19)27-30-11-8-23(32-27)15-24-26(36)33-28(37)38-24/h3-8,11,14-15,18-19,29H,9-10,12-13,16-17H2,1-2H3,(H,33,36,37). The van der Waals surface area contributed by atoms with Crippen LogP contribution in [0, 0.1) is 5.92 Å². The molecule has 0 unspecified atom stereocenters. The van der Waals surface area contributed by atoms with Crippen molar-refractivity contribution in [1.29, 1.82) is 0 Å². The molecule has 2 aromatic heterocycles. The van der Waals surface area contributed by atoms with Gasteiger partial charge in [-0.1, -0.05) is 18.2 Å². The van der Waals surface area contributed by atoms with Gasteiger partial charge in [0.25, 0.3) is 11.1 Å². The molecule has 0 radical (unpaired) electrons. The summed E-state index contributed by atoms with van der Waals surface area (Å²) >= 11 is 0.893. The Bertz CT molecular complexity index is 1340. The van der Waals surface area contributed by atoms with E-state index in [1.165, 1.54) is 11.1 Å². The summed E-state index contributed by atoms with van der Waals surface area (Å²) < 4.78 is 0. The molecule has 2 amide bonds. The van der Waals surface area contributed by atoms with E-state index in [1.54, 1.807) is 18.3 Å². The lowest BCUT2D eigenvalue weighted by atomic mass is 9.97. The number of hydrogen-bond acceptors (Lipinski definition) is 9. The van der Waals surface area contributed by atoms with E-state index in [4.69, 9.17) is 0 Å². The van der Waals surface area contributed by atoms with Gasteiger partial charge < -0.3 is 15.1 Å². The van der Waals surface area contributed by atoms with Gasteiger partial charge in [-0.05, 0) is 78.5 Å². The number of piperidine rings is 1. The zero-order valence-electron chi connectivity index (χ0n) is 21.6. The fourth-order valence-corrected chi connectivity index (χ4v) is 5.26. The molecule has 4 heterocycles. The Morgan fingerprint density at radius 3 is 2.66 bits per heavy atom. The number of anilines is 2. The van der Waals surface area contributed by atoms with Crippen molar-refractivity contribution < 1.29 is 9.59 Å². The van der Waals surface area contributed by atoms with Crippen LogP contribution in [0.15, 0.2) is 59.8 Å². The molecule has 0 aliphatic carbocycles. The molecule has 2 saturated heterocycles. The average molecular weight is 530 g/mol. The second-order valence-corrected chi connectivity index (χ2v) is 10.7. The summed E-state index contributed by atoms with van der Waals surface area (Å²) in [6, 6.07) is 14.5. The number of amides is 2. The lowest BCUT2D eigenvalue weighted by molar-refractivity contribution is -0.115. The van der Waals surface area contributed by atoms with Crippen molar-refractivity contribution in [2.24, 2.45) is 5.92 Å². The maximum absolute atomic E-state index is 11.8. The summed E-state index contributed by atoms with van der Waals surface area (Å²) in [4.78, 5) is 41.3. The third kappa shape index (κ3) is 6.38. The van der Waals surface area contributed by atoms with Gasteiger partial charge in [0.2, 0.25) is 5.95 Å². The highest BCUT2D eigenvalue weighted by Gasteiger charge is 2.25. The molecule has 2 aliphatic heterocycles. The van der Waals surface area contributed by atoms with Crippen molar-refractivity contribution >= 4 is 40.8 Å². The molecule has 38 heavy (non-hydrogen) atoms. The molecule has 9 nitrogen and oxygen atoms in total. The quantitative estimate of drug-likeness (QED) is 0.420. The molecule has 2 aliphatic rings. The smallest absolute Gasteiger partial charge is 0.290 e. The van der Waals surface area contributed by atoms with E-state index in [-0.39, 0.29) is 11.1 Å². The second kappa shape index (κ2) is 11.7. The first-order chi connectivity index (χ1) is 18.4. The summed E-state index contributed by atoms with van der Waals surface area (Å²) in [6.07, 6.45) is 7.37. The summed E-state index contributed by atoms with van der Waals surface area (Å²) in [5.74, 6) is 1.82. The third-order valence-corrected chi connectivity index (χ3v) is 7.52. The van der Waals surface area contributed by atoms with Crippen molar-refractivity contribution in [2.75, 3.05) is 43.5 Å². The minimum atomic E-state index is -0.379. The number of nitrogens with zero attached hydrogens (tertiary/aromatic N) is 5. The van der Waals surface area contributed by atoms with Crippen LogP contribution in [0.2, 0.25) is 0 Å². The first kappa shape index (κ1) is 25.9. The highest BCUT2D eigenvalue weighted by Crippen LogP contribution is 2.26. The van der Waals surface area contributed by atoms with Crippen LogP contribution in [0.1, 0.15) is 24.1 Å². The van der Waals surface area contributed by atoms with Gasteiger partial charge in [-0.2, -0.15) is 0 Å². The summed E-state index contributed by atoms with van der Waals surface area (Å²) in [5, 5.41) is 5.55. The first-order valence-corrected chi connectivity index (χ1v) is 13.5. The molecule has 2 N–H and O–H groups in total. The number of nitrogens with one attached hydrogen (secondary N) is 2. The highest BCUT2D eigenvalue weighted by molar-refractivity contribution is 8.18. The first-order valence-electron chi connectivity index (χ1n) is 12.7. The van der Waals surface area contributed by atoms with Crippen molar-refractivity contribution in [1.82, 2.24) is 25.6 Å². The molecule has 0 atom stereocenters. The van der Waals surface area contributed by atoms with Crippen LogP contribution in [0.25, 0.3) is 17.2 Å². The molecule has 2 fully saturated rings. The molecular formula is C28H31N7O2S. The number of carbonyl (C=O) groups is 2. The second-order valence-electron chi connectivity index (χ2n) is 9.69. The molecule has 196 valence electrons. The topological polar surface area (TPSA) is 103 Å². The largest absolute Gasteiger partial charge is 0.363 e. The zero-order valence-corrected chi connectivity index (χ0v) is 22.4. The van der Waals surface area contributed by atoms with Gasteiger partial charge in [-0.25, -0.2) is 15.0 Å². The molecule has 10 heteroatoms. The number of aromatic nitrogens is 3. The normalized spacial score (nSPS) is 17.2. The number of benzene rings is 1. The van der Waals surface area contributed by atoms with Crippen LogP contribution in [0.5, 0.6) is 0 Å². The van der Waals surface area contributed by atoms with Crippen LogP contribution >= 0.6 is 11.8 Å². The summed E-state index contributed by atoms with van der Waals surface area (Å²) in [6.45, 7) is 3.55. The minimum Gasteiger partial charge on any atom is -0.363 e. The number of carbonyl (C=O) groups excluding carboxylic acids is 2. The Kier molecular flexibility index (Phi) is 8.00. The number of imide groups is 1. The van der Waals surface area contributed by atoms with E-state index >= 15 is 0 Å². The molecule has 0 bridgehead atoms. The fourth-order valence-electron chi connectivity index (χ4n) is 4.59. The third-order valence-electron chi connectivity index (χ3n) is 6.71. The molecule has 3 aromatic rings. The Labute approximate surface area is 226 Å². The zero-order chi connectivity index (χ0) is 26.5. The van der Waals surface area contributed by atoms with Gasteiger partial charge in [-0.3, -0.25) is 14.9 Å². The maximum Gasteiger partial charge on any atom is 0.290 e. The van der Waals surface area contributed by atoms with Crippen molar-refractivity contribution in [3.8, 4) is 11.1 Å². The number of pyridine rings is 1. The number of rotatable bonds is 8. The summed E-state index contributed by atoms with van der Waals surface area (Å²) in [5.41, 5.74) is 4.17. The van der Waals surface area contributed by atoms with Gasteiger partial charge in [-0.15, -0.1) is 0 Å². The Hall–Kier alpha value is -3.76. The molecular weight excluding hydrogens is 498 g/mol. The van der Waals surface area contributed by atoms with Crippen LogP contribution < -0.4 is 20.4 Å². The Morgan fingerprint density at radius 2 is 1.95 bits per heavy atom. The molecule has 1 aromatic carbocycles. The van der Waals surface area contributed by atoms with Crippen molar-refractivity contribution in [2.45, 2.75) is 19.4 Å². The van der Waals surface area contributed by atoms with E-state index in [0.29, 0.717) is 22.5 Å². The van der Waals surface area contributed by atoms with Gasteiger partial charge in [0.1, 0.15) is 5.82 Å². The molecule has 5 rings (SSSR count). The van der Waals surface area contributed by atoms with Crippen LogP contribution in [-0.4, -0.2) is 59.8 Å².